The third kappa shape index (κ3) is 2.84. The van der Waals surface area contributed by atoms with E-state index in [1.165, 1.54) is 0 Å². The van der Waals surface area contributed by atoms with Gasteiger partial charge in [0.1, 0.15) is 0 Å². The Hall–Kier alpha value is -1.39. The van der Waals surface area contributed by atoms with Gasteiger partial charge < -0.3 is 4.90 Å². The van der Waals surface area contributed by atoms with Crippen LogP contribution in [0.5, 0.6) is 0 Å². The third-order valence-electron chi connectivity index (χ3n) is 2.41. The zero-order chi connectivity index (χ0) is 12.3. The third-order valence-corrected chi connectivity index (χ3v) is 3.28. The van der Waals surface area contributed by atoms with Crippen molar-refractivity contribution in [1.82, 2.24) is 4.98 Å². The minimum Gasteiger partial charge on any atom is -0.368 e. The number of hydrogen-bond donors (Lipinski definition) is 0. The highest BCUT2D eigenvalue weighted by Crippen LogP contribution is 2.24. The molecule has 0 N–H and O–H groups in total. The minimum absolute atomic E-state index is 0.621. The maximum Gasteiger partial charge on any atom is 0.152 e. The summed E-state index contributed by atoms with van der Waals surface area (Å²) in [4.78, 5) is 17.1. The normalized spacial score (nSPS) is 10.2. The first-order chi connectivity index (χ1) is 8.20. The Balaban J connectivity index is 2.26. The Labute approximate surface area is 109 Å². The van der Waals surface area contributed by atoms with Gasteiger partial charge in [0.2, 0.25) is 0 Å². The summed E-state index contributed by atoms with van der Waals surface area (Å²) in [5.41, 5.74) is 4.23. The van der Waals surface area contributed by atoms with Crippen LogP contribution in [0.25, 0.3) is 0 Å². The lowest BCUT2D eigenvalue weighted by Crippen LogP contribution is -2.18. The fourth-order valence-corrected chi connectivity index (χ4v) is 2.31. The lowest BCUT2D eigenvalue weighted by atomic mass is 10.2. The van der Waals surface area contributed by atoms with Crippen molar-refractivity contribution in [1.29, 1.82) is 0 Å². The van der Waals surface area contributed by atoms with Crippen molar-refractivity contribution in [3.63, 3.8) is 0 Å². The summed E-state index contributed by atoms with van der Waals surface area (Å²) in [6.07, 6.45) is 0.837. The largest absolute Gasteiger partial charge is 0.368 e. The summed E-state index contributed by atoms with van der Waals surface area (Å²) >= 11 is 7.50. The molecule has 17 heavy (non-hydrogen) atoms. The zero-order valence-electron chi connectivity index (χ0n) is 9.26. The predicted octanol–water partition coefficient (Wildman–Crippen LogP) is 3.25. The number of carbonyl (C=O) groups is 1. The molecule has 0 radical (unpaired) electrons. The summed E-state index contributed by atoms with van der Waals surface area (Å²) in [6.45, 7) is 0.657. The van der Waals surface area contributed by atoms with Gasteiger partial charge in [-0.2, -0.15) is 0 Å². The van der Waals surface area contributed by atoms with Crippen molar-refractivity contribution in [2.75, 3.05) is 11.9 Å². The van der Waals surface area contributed by atoms with E-state index in [1.54, 1.807) is 35.0 Å². The summed E-state index contributed by atoms with van der Waals surface area (Å²) in [5.74, 6) is 0. The average Bonchev–Trinajstić information content (AvgIpc) is 2.81. The molecule has 1 aromatic heterocycles. The topological polar surface area (TPSA) is 33.2 Å². The molecule has 0 spiro atoms. The van der Waals surface area contributed by atoms with Crippen LogP contribution in [0, 0.1) is 0 Å². The molecule has 0 saturated heterocycles. The second-order valence-corrected chi connectivity index (χ2v) is 4.81. The van der Waals surface area contributed by atoms with Crippen LogP contribution < -0.4 is 4.90 Å². The van der Waals surface area contributed by atoms with Crippen molar-refractivity contribution >= 4 is 34.9 Å². The molecule has 1 heterocycles. The molecule has 0 amide bonds. The van der Waals surface area contributed by atoms with Gasteiger partial charge in [-0.1, -0.05) is 11.6 Å². The van der Waals surface area contributed by atoms with Gasteiger partial charge in [-0.25, -0.2) is 4.98 Å². The van der Waals surface area contributed by atoms with Crippen LogP contribution in [0.15, 0.2) is 29.1 Å². The molecule has 0 atom stereocenters. The maximum absolute atomic E-state index is 11.0. The van der Waals surface area contributed by atoms with Crippen LogP contribution in [0.3, 0.4) is 0 Å². The van der Waals surface area contributed by atoms with Gasteiger partial charge in [-0.15, -0.1) is 11.3 Å². The van der Waals surface area contributed by atoms with Crippen LogP contribution in [0.2, 0.25) is 5.02 Å². The Bertz CT molecular complexity index is 513. The van der Waals surface area contributed by atoms with Gasteiger partial charge >= 0.3 is 0 Å². The van der Waals surface area contributed by atoms with E-state index in [9.17, 15) is 4.79 Å². The number of carbonyl (C=O) groups excluding carboxylic acids is 1. The van der Waals surface area contributed by atoms with E-state index in [2.05, 4.69) is 4.98 Å². The Morgan fingerprint density at radius 2 is 2.35 bits per heavy atom. The van der Waals surface area contributed by atoms with Crippen molar-refractivity contribution in [3.8, 4) is 0 Å². The van der Waals surface area contributed by atoms with Crippen molar-refractivity contribution in [2.24, 2.45) is 0 Å². The molecule has 0 aliphatic carbocycles. The number of nitrogens with zero attached hydrogens (tertiary/aromatic N) is 2. The molecule has 0 unspecified atom stereocenters. The first-order valence-corrected chi connectivity index (χ1v) is 6.35. The molecule has 0 saturated carbocycles. The van der Waals surface area contributed by atoms with Gasteiger partial charge in [0, 0.05) is 28.7 Å². The van der Waals surface area contributed by atoms with E-state index in [-0.39, 0.29) is 0 Å². The molecule has 1 aromatic carbocycles. The van der Waals surface area contributed by atoms with E-state index in [4.69, 9.17) is 11.6 Å². The summed E-state index contributed by atoms with van der Waals surface area (Å²) in [6, 6.07) is 5.23. The van der Waals surface area contributed by atoms with E-state index in [0.29, 0.717) is 17.1 Å². The second kappa shape index (κ2) is 5.29. The Morgan fingerprint density at radius 1 is 1.53 bits per heavy atom. The number of anilines is 1. The van der Waals surface area contributed by atoms with Crippen LogP contribution in [0.4, 0.5) is 5.69 Å². The average molecular weight is 267 g/mol. The molecule has 0 aliphatic rings. The highest BCUT2D eigenvalue weighted by atomic mass is 35.5. The molecule has 0 bridgehead atoms. The van der Waals surface area contributed by atoms with Crippen LogP contribution >= 0.6 is 22.9 Å². The monoisotopic (exact) mass is 266 g/mol. The fraction of sp³-hybridized carbons (Fsp3) is 0.167. The number of rotatable bonds is 4. The molecule has 2 rings (SSSR count). The molecular weight excluding hydrogens is 256 g/mol. The molecule has 5 heteroatoms. The molecular formula is C12H11ClN2OS. The standard InChI is InChI=1S/C12H11ClN2OS/c1-15(5-11-7-17-8-14-11)12-4-10(13)3-2-9(12)6-16/h2-4,6-8H,5H2,1H3. The summed E-state index contributed by atoms with van der Waals surface area (Å²) < 4.78 is 0. The van der Waals surface area contributed by atoms with Gasteiger partial charge in [0.25, 0.3) is 0 Å². The van der Waals surface area contributed by atoms with Crippen LogP contribution in [-0.4, -0.2) is 18.3 Å². The SMILES string of the molecule is CN(Cc1cscn1)c1cc(Cl)ccc1C=O. The number of halogens is 1. The molecule has 3 nitrogen and oxygen atoms in total. The van der Waals surface area contributed by atoms with Crippen molar-refractivity contribution < 1.29 is 4.79 Å². The number of hydrogen-bond acceptors (Lipinski definition) is 4. The fourth-order valence-electron chi connectivity index (χ4n) is 1.59. The van der Waals surface area contributed by atoms with E-state index < -0.39 is 0 Å². The van der Waals surface area contributed by atoms with Crippen molar-refractivity contribution in [2.45, 2.75) is 6.54 Å². The van der Waals surface area contributed by atoms with Crippen LogP contribution in [0.1, 0.15) is 16.1 Å². The zero-order valence-corrected chi connectivity index (χ0v) is 10.8. The lowest BCUT2D eigenvalue weighted by Gasteiger charge is -2.20. The van der Waals surface area contributed by atoms with Crippen molar-refractivity contribution in [3.05, 3.63) is 45.4 Å². The first kappa shape index (κ1) is 12.1. The van der Waals surface area contributed by atoms with E-state index >= 15 is 0 Å². The van der Waals surface area contributed by atoms with Gasteiger partial charge in [-0.05, 0) is 18.2 Å². The molecule has 2 aromatic rings. The minimum atomic E-state index is 0.621. The number of aldehydes is 1. The molecule has 0 aliphatic heterocycles. The maximum atomic E-state index is 11.0. The Morgan fingerprint density at radius 3 is 3.00 bits per heavy atom. The second-order valence-electron chi connectivity index (χ2n) is 3.66. The summed E-state index contributed by atoms with van der Waals surface area (Å²) in [5, 5.41) is 2.61. The van der Waals surface area contributed by atoms with Gasteiger partial charge in [-0.3, -0.25) is 4.79 Å². The van der Waals surface area contributed by atoms with Crippen LogP contribution in [-0.2, 0) is 6.54 Å². The van der Waals surface area contributed by atoms with Gasteiger partial charge in [0.15, 0.2) is 6.29 Å². The summed E-state index contributed by atoms with van der Waals surface area (Å²) in [7, 11) is 1.91. The highest BCUT2D eigenvalue weighted by molar-refractivity contribution is 7.07. The predicted molar refractivity (Wildman–Crippen MR) is 71.1 cm³/mol. The first-order valence-electron chi connectivity index (χ1n) is 5.03. The highest BCUT2D eigenvalue weighted by Gasteiger charge is 2.09. The Kier molecular flexibility index (Phi) is 3.76. The molecule has 88 valence electrons. The smallest absolute Gasteiger partial charge is 0.152 e. The van der Waals surface area contributed by atoms with E-state index in [0.717, 1.165) is 17.7 Å². The lowest BCUT2D eigenvalue weighted by molar-refractivity contribution is 0.112. The molecule has 0 fully saturated rings. The number of thiazole rings is 1. The van der Waals surface area contributed by atoms with Gasteiger partial charge in [0.05, 0.1) is 17.7 Å². The number of benzene rings is 1. The number of aromatic nitrogens is 1. The van der Waals surface area contributed by atoms with E-state index in [1.807, 2.05) is 17.3 Å². The quantitative estimate of drug-likeness (QED) is 0.797.